The van der Waals surface area contributed by atoms with E-state index in [4.69, 9.17) is 4.74 Å². The number of nitrogens with one attached hydrogen (secondary N) is 1. The average molecular weight is 431 g/mol. The Morgan fingerprint density at radius 3 is 2.50 bits per heavy atom. The van der Waals surface area contributed by atoms with Crippen molar-refractivity contribution in [2.75, 3.05) is 0 Å². The third-order valence-electron chi connectivity index (χ3n) is 5.05. The fourth-order valence-corrected chi connectivity index (χ4v) is 5.18. The quantitative estimate of drug-likeness (QED) is 0.671. The first-order chi connectivity index (χ1) is 14.1. The molecule has 0 radical (unpaired) electrons. The van der Waals surface area contributed by atoms with Crippen LogP contribution in [0.25, 0.3) is 10.9 Å². The van der Waals surface area contributed by atoms with E-state index in [-0.39, 0.29) is 11.3 Å². The van der Waals surface area contributed by atoms with Crippen LogP contribution in [0.15, 0.2) is 59.6 Å². The Balaban J connectivity index is 1.72. The Labute approximate surface area is 174 Å². The molecule has 1 N–H and O–H groups in total. The number of halogens is 1. The summed E-state index contributed by atoms with van der Waals surface area (Å²) in [5.74, 6) is 0. The zero-order valence-corrected chi connectivity index (χ0v) is 17.7. The number of rotatable bonds is 3. The van der Waals surface area contributed by atoms with Gasteiger partial charge < -0.3 is 10.1 Å². The second-order valence-corrected chi connectivity index (χ2v) is 10.2. The van der Waals surface area contributed by atoms with Crippen molar-refractivity contribution in [2.45, 2.75) is 49.9 Å². The minimum Gasteiger partial charge on any atom is -0.444 e. The molecule has 4 rings (SSSR count). The molecule has 1 heterocycles. The number of hydrogen-bond acceptors (Lipinski definition) is 4. The van der Waals surface area contributed by atoms with Crippen molar-refractivity contribution in [3.63, 3.8) is 0 Å². The van der Waals surface area contributed by atoms with Crippen molar-refractivity contribution in [3.8, 4) is 0 Å². The molecule has 0 bridgehead atoms. The van der Waals surface area contributed by atoms with Crippen molar-refractivity contribution in [1.82, 2.24) is 9.29 Å². The molecule has 6 nitrogen and oxygen atoms in total. The van der Waals surface area contributed by atoms with E-state index in [2.05, 4.69) is 5.32 Å². The summed E-state index contributed by atoms with van der Waals surface area (Å²) < 4.78 is 47.3. The maximum Gasteiger partial charge on any atom is 0.408 e. The van der Waals surface area contributed by atoms with Gasteiger partial charge in [0, 0.05) is 18.0 Å². The highest BCUT2D eigenvalue weighted by Crippen LogP contribution is 2.39. The zero-order chi connectivity index (χ0) is 21.7. The zero-order valence-electron chi connectivity index (χ0n) is 16.9. The van der Waals surface area contributed by atoms with E-state index in [1.807, 2.05) is 0 Å². The Morgan fingerprint density at radius 2 is 1.83 bits per heavy atom. The third kappa shape index (κ3) is 3.56. The summed E-state index contributed by atoms with van der Waals surface area (Å²) in [4.78, 5) is 12.3. The van der Waals surface area contributed by atoms with Crippen molar-refractivity contribution in [2.24, 2.45) is 0 Å². The monoisotopic (exact) mass is 430 g/mol. The van der Waals surface area contributed by atoms with Crippen LogP contribution in [-0.4, -0.2) is 30.3 Å². The first-order valence-electron chi connectivity index (χ1n) is 9.65. The van der Waals surface area contributed by atoms with Crippen LogP contribution in [0.2, 0.25) is 0 Å². The minimum absolute atomic E-state index is 0.0858. The molecule has 0 saturated carbocycles. The van der Waals surface area contributed by atoms with Gasteiger partial charge in [0.25, 0.3) is 10.0 Å². The number of nitrogens with zero attached hydrogens (tertiary/aromatic N) is 1. The van der Waals surface area contributed by atoms with Gasteiger partial charge in [0.2, 0.25) is 0 Å². The van der Waals surface area contributed by atoms with E-state index < -0.39 is 33.9 Å². The van der Waals surface area contributed by atoms with Crippen LogP contribution in [0.3, 0.4) is 0 Å². The van der Waals surface area contributed by atoms with Gasteiger partial charge in [0.05, 0.1) is 16.5 Å². The second-order valence-electron chi connectivity index (χ2n) is 8.34. The predicted octanol–water partition coefficient (Wildman–Crippen LogP) is 4.34. The number of aromatic nitrogens is 1. The molecule has 3 aromatic rings. The molecular weight excluding hydrogens is 407 g/mol. The van der Waals surface area contributed by atoms with E-state index in [1.165, 1.54) is 22.3 Å². The highest BCUT2D eigenvalue weighted by molar-refractivity contribution is 7.90. The lowest BCUT2D eigenvalue weighted by atomic mass is 10.0. The summed E-state index contributed by atoms with van der Waals surface area (Å²) in [7, 11) is -3.77. The fourth-order valence-electron chi connectivity index (χ4n) is 3.82. The highest BCUT2D eigenvalue weighted by atomic mass is 32.2. The Morgan fingerprint density at radius 1 is 1.13 bits per heavy atom. The summed E-state index contributed by atoms with van der Waals surface area (Å²) >= 11 is 0. The molecule has 0 fully saturated rings. The van der Waals surface area contributed by atoms with Crippen molar-refractivity contribution >= 4 is 27.0 Å². The SMILES string of the molecule is CC(C)(C)OC(=O)N[C@@H]1c2ccc3c(ccn3S(=O)(=O)c3ccccc3)c2C[C@@H]1F. The minimum atomic E-state index is -3.77. The van der Waals surface area contributed by atoms with Gasteiger partial charge in [0.15, 0.2) is 0 Å². The number of ether oxygens (including phenoxy) is 1. The molecule has 0 unspecified atom stereocenters. The molecule has 1 aliphatic carbocycles. The summed E-state index contributed by atoms with van der Waals surface area (Å²) in [6, 6.07) is 12.3. The topological polar surface area (TPSA) is 77.4 Å². The molecule has 1 aliphatic rings. The van der Waals surface area contributed by atoms with E-state index in [0.29, 0.717) is 22.0 Å². The molecule has 1 amide bonds. The maximum atomic E-state index is 14.8. The van der Waals surface area contributed by atoms with Crippen LogP contribution in [0.1, 0.15) is 37.9 Å². The molecule has 0 spiro atoms. The van der Waals surface area contributed by atoms with Gasteiger partial charge in [-0.05, 0) is 56.2 Å². The third-order valence-corrected chi connectivity index (χ3v) is 6.76. The lowest BCUT2D eigenvalue weighted by Crippen LogP contribution is -2.37. The molecule has 8 heteroatoms. The first-order valence-corrected chi connectivity index (χ1v) is 11.1. The van der Waals surface area contributed by atoms with Gasteiger partial charge >= 0.3 is 6.09 Å². The van der Waals surface area contributed by atoms with Crippen LogP contribution < -0.4 is 5.32 Å². The lowest BCUT2D eigenvalue weighted by molar-refractivity contribution is 0.0479. The molecule has 0 aliphatic heterocycles. The van der Waals surface area contributed by atoms with Crippen molar-refractivity contribution in [3.05, 3.63) is 65.9 Å². The molecular formula is C22H23FN2O4S. The largest absolute Gasteiger partial charge is 0.444 e. The number of benzene rings is 2. The fraction of sp³-hybridized carbons (Fsp3) is 0.318. The summed E-state index contributed by atoms with van der Waals surface area (Å²) in [5.41, 5.74) is 1.12. The van der Waals surface area contributed by atoms with Crippen molar-refractivity contribution < 1.29 is 22.3 Å². The number of carbonyl (C=O) groups excluding carboxylic acids is 1. The smallest absolute Gasteiger partial charge is 0.408 e. The summed E-state index contributed by atoms with van der Waals surface area (Å²) in [6.45, 7) is 5.21. The van der Waals surface area contributed by atoms with Crippen LogP contribution in [0.5, 0.6) is 0 Å². The molecule has 158 valence electrons. The molecule has 2 aromatic carbocycles. The number of fused-ring (bicyclic) bond motifs is 3. The van der Waals surface area contributed by atoms with Crippen LogP contribution in [0.4, 0.5) is 9.18 Å². The van der Waals surface area contributed by atoms with E-state index >= 15 is 0 Å². The Hall–Kier alpha value is -2.87. The normalized spacial score (nSPS) is 18.9. The van der Waals surface area contributed by atoms with Gasteiger partial charge in [-0.2, -0.15) is 0 Å². The molecule has 30 heavy (non-hydrogen) atoms. The summed E-state index contributed by atoms with van der Waals surface area (Å²) in [5, 5.41) is 3.26. The van der Waals surface area contributed by atoms with Gasteiger partial charge in [-0.15, -0.1) is 0 Å². The van der Waals surface area contributed by atoms with Gasteiger partial charge in [-0.3, -0.25) is 0 Å². The number of amides is 1. The predicted molar refractivity (Wildman–Crippen MR) is 112 cm³/mol. The van der Waals surface area contributed by atoms with Crippen molar-refractivity contribution in [1.29, 1.82) is 0 Å². The van der Waals surface area contributed by atoms with E-state index in [0.717, 1.165) is 0 Å². The number of hydrogen-bond donors (Lipinski definition) is 1. The van der Waals surface area contributed by atoms with Crippen LogP contribution in [-0.2, 0) is 21.2 Å². The highest BCUT2D eigenvalue weighted by Gasteiger charge is 2.36. The maximum absolute atomic E-state index is 14.8. The molecule has 2 atom stereocenters. The molecule has 0 saturated heterocycles. The van der Waals surface area contributed by atoms with E-state index in [9.17, 15) is 17.6 Å². The Bertz CT molecular complexity index is 1210. The number of carbonyl (C=O) groups is 1. The van der Waals surface area contributed by atoms with Crippen LogP contribution >= 0.6 is 0 Å². The average Bonchev–Trinajstić information content (AvgIpc) is 3.23. The van der Waals surface area contributed by atoms with Gasteiger partial charge in [0.1, 0.15) is 11.8 Å². The van der Waals surface area contributed by atoms with Gasteiger partial charge in [-0.1, -0.05) is 24.3 Å². The lowest BCUT2D eigenvalue weighted by Gasteiger charge is -2.23. The first kappa shape index (κ1) is 20.4. The van der Waals surface area contributed by atoms with Crippen LogP contribution in [0, 0.1) is 0 Å². The summed E-state index contributed by atoms with van der Waals surface area (Å²) in [6.07, 6.45) is -0.447. The molecule has 1 aromatic heterocycles. The van der Waals surface area contributed by atoms with E-state index in [1.54, 1.807) is 57.2 Å². The standard InChI is InChI=1S/C22H23FN2O4S/c1-22(2,3)29-21(26)24-20-16-9-10-19-15(17(16)13-18(20)23)11-12-25(19)30(27,28)14-7-5-4-6-8-14/h4-12,18,20H,13H2,1-3H3,(H,24,26)/t18-,20+/m0/s1. The Kier molecular flexibility index (Phi) is 4.85. The second kappa shape index (κ2) is 7.12. The van der Waals surface area contributed by atoms with Gasteiger partial charge in [-0.25, -0.2) is 21.6 Å². The number of alkyl carbamates (subject to hydrolysis) is 1. The number of alkyl halides is 1.